The van der Waals surface area contributed by atoms with Crippen LogP contribution in [0, 0.1) is 5.82 Å². The number of carbonyl (C=O) groups is 1. The quantitative estimate of drug-likeness (QED) is 0.572. The maximum absolute atomic E-state index is 13.6. The second-order valence-electron chi connectivity index (χ2n) is 4.29. The molecule has 3 aromatic rings. The molecule has 5 heteroatoms. The SMILES string of the molecule is Nc1c(C(=O)c2ccncc2F)ccc2cccnc12. The van der Waals surface area contributed by atoms with E-state index in [9.17, 15) is 9.18 Å². The molecule has 0 amide bonds. The van der Waals surface area contributed by atoms with Crippen molar-refractivity contribution in [3.8, 4) is 0 Å². The van der Waals surface area contributed by atoms with E-state index in [0.717, 1.165) is 11.6 Å². The van der Waals surface area contributed by atoms with Crippen LogP contribution in [0.2, 0.25) is 0 Å². The largest absolute Gasteiger partial charge is 0.396 e. The third kappa shape index (κ3) is 1.89. The molecule has 0 unspecified atom stereocenters. The normalized spacial score (nSPS) is 10.7. The number of fused-ring (bicyclic) bond motifs is 1. The molecule has 0 atom stereocenters. The van der Waals surface area contributed by atoms with Gasteiger partial charge in [-0.3, -0.25) is 14.8 Å². The average molecular weight is 267 g/mol. The molecule has 98 valence electrons. The molecule has 0 radical (unpaired) electrons. The number of halogens is 1. The fraction of sp³-hybridized carbons (Fsp3) is 0. The second kappa shape index (κ2) is 4.70. The fourth-order valence-corrected chi connectivity index (χ4v) is 2.07. The lowest BCUT2D eigenvalue weighted by molar-refractivity contribution is 0.103. The Hall–Kier alpha value is -2.82. The zero-order valence-electron chi connectivity index (χ0n) is 10.4. The number of aromatic nitrogens is 2. The van der Waals surface area contributed by atoms with Crippen molar-refractivity contribution in [1.29, 1.82) is 0 Å². The molecule has 0 saturated carbocycles. The molecule has 0 fully saturated rings. The van der Waals surface area contributed by atoms with Crippen molar-refractivity contribution >= 4 is 22.4 Å². The predicted octanol–water partition coefficient (Wildman–Crippen LogP) is 2.58. The molecule has 1 aromatic carbocycles. The molecular weight excluding hydrogens is 257 g/mol. The van der Waals surface area contributed by atoms with Crippen molar-refractivity contribution in [2.45, 2.75) is 0 Å². The van der Waals surface area contributed by atoms with Gasteiger partial charge < -0.3 is 5.73 Å². The molecule has 0 bridgehead atoms. The summed E-state index contributed by atoms with van der Waals surface area (Å²) in [6.45, 7) is 0. The van der Waals surface area contributed by atoms with Gasteiger partial charge in [0.15, 0.2) is 11.6 Å². The number of carbonyl (C=O) groups excluding carboxylic acids is 1. The highest BCUT2D eigenvalue weighted by Gasteiger charge is 2.17. The monoisotopic (exact) mass is 267 g/mol. The van der Waals surface area contributed by atoms with Crippen LogP contribution in [0.15, 0.2) is 48.9 Å². The standard InChI is InChI=1S/C15H10FN3O/c16-12-8-18-7-5-10(12)15(20)11-4-3-9-2-1-6-19-14(9)13(11)17/h1-8H,17H2. The third-order valence-corrected chi connectivity index (χ3v) is 3.08. The van der Waals surface area contributed by atoms with Gasteiger partial charge in [-0.2, -0.15) is 0 Å². The Morgan fingerprint density at radius 1 is 1.10 bits per heavy atom. The first-order valence-corrected chi connectivity index (χ1v) is 5.96. The summed E-state index contributed by atoms with van der Waals surface area (Å²) in [6, 6.07) is 8.29. The summed E-state index contributed by atoms with van der Waals surface area (Å²) in [5.41, 5.74) is 6.96. The molecule has 3 rings (SSSR count). The summed E-state index contributed by atoms with van der Waals surface area (Å²) in [7, 11) is 0. The number of hydrogen-bond acceptors (Lipinski definition) is 4. The number of benzene rings is 1. The van der Waals surface area contributed by atoms with Crippen LogP contribution >= 0.6 is 0 Å². The van der Waals surface area contributed by atoms with Gasteiger partial charge in [-0.1, -0.05) is 12.1 Å². The van der Waals surface area contributed by atoms with Crippen LogP contribution in [0.25, 0.3) is 10.9 Å². The topological polar surface area (TPSA) is 68.9 Å². The lowest BCUT2D eigenvalue weighted by Crippen LogP contribution is -2.08. The van der Waals surface area contributed by atoms with Gasteiger partial charge in [-0.05, 0) is 18.2 Å². The second-order valence-corrected chi connectivity index (χ2v) is 4.29. The first-order valence-electron chi connectivity index (χ1n) is 5.96. The summed E-state index contributed by atoms with van der Waals surface area (Å²) >= 11 is 0. The Kier molecular flexibility index (Phi) is 2.87. The zero-order valence-corrected chi connectivity index (χ0v) is 10.4. The minimum absolute atomic E-state index is 0.0537. The minimum atomic E-state index is -0.669. The van der Waals surface area contributed by atoms with E-state index in [0.29, 0.717) is 5.52 Å². The lowest BCUT2D eigenvalue weighted by Gasteiger charge is -2.08. The number of hydrogen-bond donors (Lipinski definition) is 1. The van der Waals surface area contributed by atoms with Gasteiger partial charge in [0, 0.05) is 23.3 Å². The number of anilines is 1. The van der Waals surface area contributed by atoms with Crippen molar-refractivity contribution in [2.75, 3.05) is 5.73 Å². The summed E-state index contributed by atoms with van der Waals surface area (Å²) in [4.78, 5) is 20.1. The maximum Gasteiger partial charge on any atom is 0.198 e. The Morgan fingerprint density at radius 3 is 2.75 bits per heavy atom. The van der Waals surface area contributed by atoms with Gasteiger partial charge in [0.1, 0.15) is 0 Å². The van der Waals surface area contributed by atoms with E-state index in [4.69, 9.17) is 5.73 Å². The average Bonchev–Trinajstić information content (AvgIpc) is 2.48. The first-order chi connectivity index (χ1) is 9.68. The molecule has 2 N–H and O–H groups in total. The van der Waals surface area contributed by atoms with E-state index >= 15 is 0 Å². The summed E-state index contributed by atoms with van der Waals surface area (Å²) in [6.07, 6.45) is 3.97. The summed E-state index contributed by atoms with van der Waals surface area (Å²) in [5.74, 6) is -1.15. The molecule has 20 heavy (non-hydrogen) atoms. The molecule has 2 aromatic heterocycles. The Labute approximate surface area is 114 Å². The van der Waals surface area contributed by atoms with Gasteiger partial charge in [0.05, 0.1) is 23.0 Å². The number of nitrogen functional groups attached to an aromatic ring is 1. The third-order valence-electron chi connectivity index (χ3n) is 3.08. The van der Waals surface area contributed by atoms with E-state index in [-0.39, 0.29) is 16.8 Å². The summed E-state index contributed by atoms with van der Waals surface area (Å²) in [5, 5.41) is 0.830. The predicted molar refractivity (Wildman–Crippen MR) is 73.8 cm³/mol. The Bertz CT molecular complexity index is 817. The Morgan fingerprint density at radius 2 is 1.95 bits per heavy atom. The highest BCUT2D eigenvalue weighted by molar-refractivity contribution is 6.15. The highest BCUT2D eigenvalue weighted by Crippen LogP contribution is 2.25. The van der Waals surface area contributed by atoms with Crippen LogP contribution in [0.4, 0.5) is 10.1 Å². The van der Waals surface area contributed by atoms with Crippen molar-refractivity contribution in [3.05, 3.63) is 65.9 Å². The van der Waals surface area contributed by atoms with Gasteiger partial charge in [0.25, 0.3) is 0 Å². The first kappa shape index (κ1) is 12.2. The van der Waals surface area contributed by atoms with Gasteiger partial charge in [-0.15, -0.1) is 0 Å². The van der Waals surface area contributed by atoms with Crippen LogP contribution in [-0.2, 0) is 0 Å². The van der Waals surface area contributed by atoms with Crippen LogP contribution in [-0.4, -0.2) is 15.8 Å². The van der Waals surface area contributed by atoms with Gasteiger partial charge >= 0.3 is 0 Å². The molecule has 0 aliphatic carbocycles. The van der Waals surface area contributed by atoms with Crippen molar-refractivity contribution in [1.82, 2.24) is 9.97 Å². The van der Waals surface area contributed by atoms with E-state index in [1.807, 2.05) is 6.07 Å². The number of rotatable bonds is 2. The number of nitrogens with two attached hydrogens (primary N) is 1. The van der Waals surface area contributed by atoms with Crippen LogP contribution in [0.5, 0.6) is 0 Å². The van der Waals surface area contributed by atoms with Crippen molar-refractivity contribution in [2.24, 2.45) is 0 Å². The van der Waals surface area contributed by atoms with Gasteiger partial charge in [0.2, 0.25) is 0 Å². The fourth-order valence-electron chi connectivity index (χ4n) is 2.07. The maximum atomic E-state index is 13.6. The molecule has 4 nitrogen and oxygen atoms in total. The van der Waals surface area contributed by atoms with Crippen molar-refractivity contribution < 1.29 is 9.18 Å². The zero-order chi connectivity index (χ0) is 14.1. The van der Waals surface area contributed by atoms with Crippen LogP contribution in [0.1, 0.15) is 15.9 Å². The van der Waals surface area contributed by atoms with E-state index in [2.05, 4.69) is 9.97 Å². The van der Waals surface area contributed by atoms with E-state index < -0.39 is 11.6 Å². The molecule has 0 aliphatic heterocycles. The van der Waals surface area contributed by atoms with Crippen LogP contribution < -0.4 is 5.73 Å². The smallest absolute Gasteiger partial charge is 0.198 e. The summed E-state index contributed by atoms with van der Waals surface area (Å²) < 4.78 is 13.6. The van der Waals surface area contributed by atoms with Crippen molar-refractivity contribution in [3.63, 3.8) is 0 Å². The number of pyridine rings is 2. The number of nitrogens with zero attached hydrogens (tertiary/aromatic N) is 2. The lowest BCUT2D eigenvalue weighted by atomic mass is 10.0. The van der Waals surface area contributed by atoms with Crippen LogP contribution in [0.3, 0.4) is 0 Å². The molecule has 0 saturated heterocycles. The molecular formula is C15H10FN3O. The van der Waals surface area contributed by atoms with E-state index in [1.54, 1.807) is 24.4 Å². The molecule has 0 aliphatic rings. The van der Waals surface area contributed by atoms with Gasteiger partial charge in [-0.25, -0.2) is 4.39 Å². The minimum Gasteiger partial charge on any atom is -0.396 e. The molecule has 0 spiro atoms. The Balaban J connectivity index is 2.18. The number of ketones is 1. The molecule has 2 heterocycles. The highest BCUT2D eigenvalue weighted by atomic mass is 19.1. The van der Waals surface area contributed by atoms with E-state index in [1.165, 1.54) is 12.3 Å².